The molecule has 10 heavy (non-hydrogen) atoms. The highest BCUT2D eigenvalue weighted by Gasteiger charge is 1.91. The Kier molecular flexibility index (Phi) is 5.18. The number of hydrogen-bond donors (Lipinski definition) is 0. The van der Waals surface area contributed by atoms with E-state index in [-0.39, 0.29) is 7.43 Å². The van der Waals surface area contributed by atoms with E-state index in [9.17, 15) is 8.42 Å². The average molecular weight is 166 g/mol. The predicted octanol–water partition coefficient (Wildman–Crippen LogP) is 0.172. The molecule has 0 N–H and O–H groups in total. The molecule has 0 saturated carbocycles. The van der Waals surface area contributed by atoms with Crippen molar-refractivity contribution in [2.45, 2.75) is 7.43 Å². The second kappa shape index (κ2) is 4.27. The van der Waals surface area contributed by atoms with Crippen molar-refractivity contribution in [2.75, 3.05) is 20.4 Å². The molecule has 62 valence electrons. The molecule has 4 nitrogen and oxygen atoms in total. The summed E-state index contributed by atoms with van der Waals surface area (Å²) in [6.07, 6.45) is 2.29. The quantitative estimate of drug-likeness (QED) is 0.434. The van der Waals surface area contributed by atoms with E-state index >= 15 is 0 Å². The molecule has 0 atom stereocenters. The van der Waals surface area contributed by atoms with Gasteiger partial charge in [0, 0.05) is 14.1 Å². The Hall–Kier alpha value is -0.580. The van der Waals surface area contributed by atoms with Gasteiger partial charge in [-0.3, -0.25) is 0 Å². The molecular weight excluding hydrogens is 152 g/mol. The maximum absolute atomic E-state index is 10.3. The topological polar surface area (TPSA) is 49.7 Å². The lowest BCUT2D eigenvalue weighted by molar-refractivity contribution is 0.600. The fourth-order valence-electron chi connectivity index (χ4n) is 0.180. The monoisotopic (exact) mass is 166 g/mol. The second-order valence-corrected chi connectivity index (χ2v) is 3.59. The van der Waals surface area contributed by atoms with Crippen molar-refractivity contribution in [2.24, 2.45) is 4.40 Å². The highest BCUT2D eigenvalue weighted by atomic mass is 32.2. The zero-order valence-electron chi connectivity index (χ0n) is 5.70. The predicted molar refractivity (Wildman–Crippen MR) is 43.8 cm³/mol. The van der Waals surface area contributed by atoms with Gasteiger partial charge in [0.05, 0.1) is 6.26 Å². The standard InChI is InChI=1S/C4H10N2O2S.CH4/c1-6(2)4-5-9(3,7)8;/h4H,1-3H3;1H4. The first-order valence-corrected chi connectivity index (χ1v) is 4.18. The fraction of sp³-hybridized carbons (Fsp3) is 0.800. The van der Waals surface area contributed by atoms with Crippen LogP contribution in [0.1, 0.15) is 7.43 Å². The van der Waals surface area contributed by atoms with Crippen LogP contribution in [0.2, 0.25) is 0 Å². The van der Waals surface area contributed by atoms with E-state index in [1.54, 1.807) is 19.0 Å². The first-order valence-electron chi connectivity index (χ1n) is 2.33. The van der Waals surface area contributed by atoms with Crippen LogP contribution in [-0.4, -0.2) is 40.0 Å². The lowest BCUT2D eigenvalue weighted by atomic mass is 11.0. The first kappa shape index (κ1) is 12.1. The molecule has 5 heteroatoms. The number of sulfonamides is 1. The number of hydrogen-bond acceptors (Lipinski definition) is 2. The maximum atomic E-state index is 10.3. The van der Waals surface area contributed by atoms with Gasteiger partial charge in [-0.2, -0.15) is 4.40 Å². The minimum Gasteiger partial charge on any atom is -0.368 e. The second-order valence-electron chi connectivity index (χ2n) is 1.92. The number of rotatable bonds is 2. The molecule has 0 aromatic carbocycles. The van der Waals surface area contributed by atoms with Crippen LogP contribution in [0.25, 0.3) is 0 Å². The van der Waals surface area contributed by atoms with Crippen LogP contribution in [0.5, 0.6) is 0 Å². The van der Waals surface area contributed by atoms with Crippen molar-refractivity contribution in [3.8, 4) is 0 Å². The highest BCUT2D eigenvalue weighted by Crippen LogP contribution is 1.80. The molecule has 0 aliphatic carbocycles. The van der Waals surface area contributed by atoms with E-state index < -0.39 is 10.0 Å². The van der Waals surface area contributed by atoms with Crippen molar-refractivity contribution >= 4 is 16.4 Å². The van der Waals surface area contributed by atoms with Crippen molar-refractivity contribution in [1.29, 1.82) is 0 Å². The first-order chi connectivity index (χ1) is 3.92. The van der Waals surface area contributed by atoms with Gasteiger partial charge in [0.2, 0.25) is 0 Å². The third-order valence-corrected chi connectivity index (χ3v) is 0.947. The summed E-state index contributed by atoms with van der Waals surface area (Å²) >= 11 is 0. The maximum Gasteiger partial charge on any atom is 0.251 e. The van der Waals surface area contributed by atoms with Gasteiger partial charge < -0.3 is 4.90 Å². The fourth-order valence-corrected chi connectivity index (χ4v) is 0.540. The molecule has 0 heterocycles. The Morgan fingerprint density at radius 3 is 1.90 bits per heavy atom. The van der Waals surface area contributed by atoms with Gasteiger partial charge in [-0.15, -0.1) is 0 Å². The van der Waals surface area contributed by atoms with Crippen molar-refractivity contribution in [3.05, 3.63) is 0 Å². The van der Waals surface area contributed by atoms with E-state index in [2.05, 4.69) is 4.40 Å². The normalized spacial score (nSPS) is 11.1. The summed E-state index contributed by atoms with van der Waals surface area (Å²) in [7, 11) is 0.215. The number of nitrogens with zero attached hydrogens (tertiary/aromatic N) is 2. The van der Waals surface area contributed by atoms with Crippen LogP contribution in [0.4, 0.5) is 0 Å². The molecule has 0 unspecified atom stereocenters. The Bertz CT molecular complexity index is 194. The molecule has 0 spiro atoms. The molecule has 0 aliphatic heterocycles. The van der Waals surface area contributed by atoms with Gasteiger partial charge >= 0.3 is 0 Å². The van der Waals surface area contributed by atoms with Crippen molar-refractivity contribution in [3.63, 3.8) is 0 Å². The molecule has 0 saturated heterocycles. The SMILES string of the molecule is C.CN(C)C=NS(C)(=O)=O. The Morgan fingerprint density at radius 1 is 1.40 bits per heavy atom. The Labute approximate surface area is 62.6 Å². The summed E-state index contributed by atoms with van der Waals surface area (Å²) in [5.74, 6) is 0. The van der Waals surface area contributed by atoms with Crippen LogP contribution >= 0.6 is 0 Å². The van der Waals surface area contributed by atoms with Gasteiger partial charge in [-0.1, -0.05) is 7.43 Å². The van der Waals surface area contributed by atoms with Gasteiger partial charge in [-0.05, 0) is 0 Å². The van der Waals surface area contributed by atoms with E-state index in [1.807, 2.05) is 0 Å². The van der Waals surface area contributed by atoms with Crippen LogP contribution in [0.3, 0.4) is 0 Å². The van der Waals surface area contributed by atoms with Crippen molar-refractivity contribution in [1.82, 2.24) is 4.90 Å². The highest BCUT2D eigenvalue weighted by molar-refractivity contribution is 7.89. The summed E-state index contributed by atoms with van der Waals surface area (Å²) in [6.45, 7) is 0. The minimum absolute atomic E-state index is 0. The van der Waals surface area contributed by atoms with Crippen LogP contribution in [0.15, 0.2) is 4.40 Å². The molecule has 0 amide bonds. The van der Waals surface area contributed by atoms with E-state index in [4.69, 9.17) is 0 Å². The van der Waals surface area contributed by atoms with Crippen molar-refractivity contribution < 1.29 is 8.42 Å². The molecule has 0 rings (SSSR count). The van der Waals surface area contributed by atoms with Gasteiger partial charge in [0.15, 0.2) is 0 Å². The van der Waals surface area contributed by atoms with Crippen LogP contribution in [-0.2, 0) is 10.0 Å². The molecule has 0 aliphatic rings. The third-order valence-electron chi connectivity index (χ3n) is 0.470. The summed E-state index contributed by atoms with van der Waals surface area (Å²) < 4.78 is 23.9. The van der Waals surface area contributed by atoms with Crippen LogP contribution in [0, 0.1) is 0 Å². The smallest absolute Gasteiger partial charge is 0.251 e. The zero-order chi connectivity index (χ0) is 7.49. The summed E-state index contributed by atoms with van der Waals surface area (Å²) in [4.78, 5) is 1.56. The Balaban J connectivity index is 0. The molecule has 0 bridgehead atoms. The molecule has 0 aromatic heterocycles. The average Bonchev–Trinajstić information content (AvgIpc) is 1.59. The molecular formula is C5H14N2O2S. The third kappa shape index (κ3) is 10.4. The molecule has 0 fully saturated rings. The minimum atomic E-state index is -3.19. The summed E-state index contributed by atoms with van der Waals surface area (Å²) in [5.41, 5.74) is 0. The van der Waals surface area contributed by atoms with Gasteiger partial charge in [0.1, 0.15) is 6.34 Å². The summed E-state index contributed by atoms with van der Waals surface area (Å²) in [6, 6.07) is 0. The lowest BCUT2D eigenvalue weighted by Gasteiger charge is -1.99. The lowest BCUT2D eigenvalue weighted by Crippen LogP contribution is -2.09. The zero-order valence-corrected chi connectivity index (χ0v) is 6.51. The van der Waals surface area contributed by atoms with E-state index in [0.717, 1.165) is 6.26 Å². The molecule has 0 radical (unpaired) electrons. The summed E-state index contributed by atoms with van der Waals surface area (Å²) in [5, 5.41) is 0. The Morgan fingerprint density at radius 2 is 1.80 bits per heavy atom. The van der Waals surface area contributed by atoms with Gasteiger partial charge in [0.25, 0.3) is 10.0 Å². The van der Waals surface area contributed by atoms with E-state index in [0.29, 0.717) is 0 Å². The van der Waals surface area contributed by atoms with Gasteiger partial charge in [-0.25, -0.2) is 8.42 Å². The van der Waals surface area contributed by atoms with Crippen LogP contribution < -0.4 is 0 Å². The largest absolute Gasteiger partial charge is 0.368 e. The van der Waals surface area contributed by atoms with E-state index in [1.165, 1.54) is 6.34 Å². The molecule has 0 aromatic rings.